The van der Waals surface area contributed by atoms with Crippen molar-refractivity contribution in [2.75, 3.05) is 19.9 Å². The van der Waals surface area contributed by atoms with E-state index in [0.717, 1.165) is 41.2 Å². The number of rotatable bonds is 5. The molecule has 0 aliphatic carbocycles. The van der Waals surface area contributed by atoms with Crippen LogP contribution in [0, 0.1) is 0 Å². The molecule has 0 aromatic heterocycles. The zero-order valence-corrected chi connectivity index (χ0v) is 15.9. The number of nitrogens with zero attached hydrogens (tertiary/aromatic N) is 1. The van der Waals surface area contributed by atoms with E-state index in [1.165, 1.54) is 4.31 Å². The maximum atomic E-state index is 12.5. The molecule has 1 N–H and O–H groups in total. The number of nitrogens with one attached hydrogen (secondary N) is 1. The van der Waals surface area contributed by atoms with Gasteiger partial charge in [-0.05, 0) is 47.4 Å². The zero-order valence-electron chi connectivity index (χ0n) is 15.1. The fourth-order valence-electron chi connectivity index (χ4n) is 3.38. The normalized spacial score (nSPS) is 18.6. The number of sulfonamides is 1. The van der Waals surface area contributed by atoms with E-state index in [-0.39, 0.29) is 5.91 Å². The number of methoxy groups -OCH3 is 1. The van der Waals surface area contributed by atoms with Gasteiger partial charge in [0.25, 0.3) is 0 Å². The SMILES string of the molecule is COc1ccc2cc(CNC(=O)[C@@H]3CCCCN3S(C)(=O)=O)ccc2c1. The summed E-state index contributed by atoms with van der Waals surface area (Å²) in [4.78, 5) is 12.5. The molecule has 0 saturated carbocycles. The van der Waals surface area contributed by atoms with Crippen LogP contribution in [0.4, 0.5) is 0 Å². The molecule has 1 heterocycles. The van der Waals surface area contributed by atoms with Gasteiger partial charge in [0.1, 0.15) is 11.8 Å². The molecule has 1 saturated heterocycles. The molecule has 0 spiro atoms. The van der Waals surface area contributed by atoms with Crippen LogP contribution in [0.1, 0.15) is 24.8 Å². The number of carbonyl (C=O) groups is 1. The van der Waals surface area contributed by atoms with Gasteiger partial charge in [-0.1, -0.05) is 24.6 Å². The Hall–Kier alpha value is -2.12. The fraction of sp³-hybridized carbons (Fsp3) is 0.421. The molecule has 1 amide bonds. The minimum atomic E-state index is -3.38. The van der Waals surface area contributed by atoms with Gasteiger partial charge in [-0.25, -0.2) is 8.42 Å². The van der Waals surface area contributed by atoms with Gasteiger partial charge in [0.05, 0.1) is 13.4 Å². The summed E-state index contributed by atoms with van der Waals surface area (Å²) in [6.07, 6.45) is 3.39. The van der Waals surface area contributed by atoms with Crippen LogP contribution in [0.15, 0.2) is 36.4 Å². The average molecular weight is 376 g/mol. The van der Waals surface area contributed by atoms with Gasteiger partial charge in [-0.15, -0.1) is 0 Å². The van der Waals surface area contributed by atoms with E-state index in [4.69, 9.17) is 4.74 Å². The Morgan fingerprint density at radius 2 is 1.92 bits per heavy atom. The Labute approximate surface area is 154 Å². The molecule has 26 heavy (non-hydrogen) atoms. The topological polar surface area (TPSA) is 75.7 Å². The van der Waals surface area contributed by atoms with E-state index < -0.39 is 16.1 Å². The number of fused-ring (bicyclic) bond motifs is 1. The Kier molecular flexibility index (Phi) is 5.48. The number of piperidine rings is 1. The first-order valence-electron chi connectivity index (χ1n) is 8.70. The Balaban J connectivity index is 1.69. The molecule has 1 fully saturated rings. The predicted molar refractivity (Wildman–Crippen MR) is 102 cm³/mol. The molecule has 2 aromatic rings. The Morgan fingerprint density at radius 3 is 2.65 bits per heavy atom. The third-order valence-electron chi connectivity index (χ3n) is 4.76. The summed E-state index contributed by atoms with van der Waals surface area (Å²) in [5.74, 6) is 0.571. The number of carbonyl (C=O) groups excluding carboxylic acids is 1. The summed E-state index contributed by atoms with van der Waals surface area (Å²) >= 11 is 0. The van der Waals surface area contributed by atoms with Crippen LogP contribution in [0.2, 0.25) is 0 Å². The van der Waals surface area contributed by atoms with Gasteiger partial charge in [-0.2, -0.15) is 4.31 Å². The van der Waals surface area contributed by atoms with E-state index in [2.05, 4.69) is 5.32 Å². The highest BCUT2D eigenvalue weighted by molar-refractivity contribution is 7.88. The second-order valence-corrected chi connectivity index (χ2v) is 8.59. The zero-order chi connectivity index (χ0) is 18.7. The van der Waals surface area contributed by atoms with Crippen LogP contribution in [0.3, 0.4) is 0 Å². The number of amides is 1. The van der Waals surface area contributed by atoms with E-state index in [1.54, 1.807) is 7.11 Å². The average Bonchev–Trinajstić information content (AvgIpc) is 2.64. The molecule has 0 unspecified atom stereocenters. The number of benzene rings is 2. The summed E-state index contributed by atoms with van der Waals surface area (Å²) in [6, 6.07) is 11.2. The molecule has 3 rings (SSSR count). The molecule has 1 aliphatic heterocycles. The lowest BCUT2D eigenvalue weighted by Gasteiger charge is -2.32. The first kappa shape index (κ1) is 18.7. The van der Waals surface area contributed by atoms with Gasteiger partial charge in [0.15, 0.2) is 0 Å². The number of hydrogen-bond acceptors (Lipinski definition) is 4. The highest BCUT2D eigenvalue weighted by atomic mass is 32.2. The summed E-state index contributed by atoms with van der Waals surface area (Å²) in [6.45, 7) is 0.781. The van der Waals surface area contributed by atoms with Gasteiger partial charge in [0.2, 0.25) is 15.9 Å². The quantitative estimate of drug-likeness (QED) is 0.869. The van der Waals surface area contributed by atoms with Crippen molar-refractivity contribution in [2.45, 2.75) is 31.8 Å². The summed E-state index contributed by atoms with van der Waals surface area (Å²) in [7, 11) is -1.74. The molecular formula is C19H24N2O4S. The van der Waals surface area contributed by atoms with Crippen molar-refractivity contribution in [3.8, 4) is 5.75 Å². The van der Waals surface area contributed by atoms with Crippen molar-refractivity contribution >= 4 is 26.7 Å². The van der Waals surface area contributed by atoms with E-state index >= 15 is 0 Å². The maximum Gasteiger partial charge on any atom is 0.238 e. The van der Waals surface area contributed by atoms with Crippen molar-refractivity contribution in [3.63, 3.8) is 0 Å². The third kappa shape index (κ3) is 4.16. The molecule has 6 nitrogen and oxygen atoms in total. The van der Waals surface area contributed by atoms with Crippen LogP contribution >= 0.6 is 0 Å². The van der Waals surface area contributed by atoms with Gasteiger partial charge >= 0.3 is 0 Å². The minimum Gasteiger partial charge on any atom is -0.497 e. The molecule has 7 heteroatoms. The van der Waals surface area contributed by atoms with Gasteiger partial charge < -0.3 is 10.1 Å². The van der Waals surface area contributed by atoms with E-state index in [1.807, 2.05) is 36.4 Å². The van der Waals surface area contributed by atoms with E-state index in [0.29, 0.717) is 19.5 Å². The predicted octanol–water partition coefficient (Wildman–Crippen LogP) is 2.28. The van der Waals surface area contributed by atoms with Crippen LogP contribution in [0.25, 0.3) is 10.8 Å². The lowest BCUT2D eigenvalue weighted by Crippen LogP contribution is -2.51. The minimum absolute atomic E-state index is 0.232. The van der Waals surface area contributed by atoms with Crippen molar-refractivity contribution in [2.24, 2.45) is 0 Å². The highest BCUT2D eigenvalue weighted by Crippen LogP contribution is 2.23. The maximum absolute atomic E-state index is 12.5. The first-order valence-corrected chi connectivity index (χ1v) is 10.5. The Bertz CT molecular complexity index is 911. The number of ether oxygens (including phenoxy) is 1. The van der Waals surface area contributed by atoms with Gasteiger partial charge in [0, 0.05) is 13.1 Å². The fourth-order valence-corrected chi connectivity index (χ4v) is 4.51. The lowest BCUT2D eigenvalue weighted by atomic mass is 10.0. The number of hydrogen-bond donors (Lipinski definition) is 1. The van der Waals surface area contributed by atoms with Crippen LogP contribution in [-0.2, 0) is 21.4 Å². The molecule has 140 valence electrons. The third-order valence-corrected chi connectivity index (χ3v) is 6.05. The second kappa shape index (κ2) is 7.63. The molecule has 2 aromatic carbocycles. The van der Waals surface area contributed by atoms with E-state index in [9.17, 15) is 13.2 Å². The van der Waals surface area contributed by atoms with Crippen molar-refractivity contribution in [3.05, 3.63) is 42.0 Å². The molecule has 1 atom stereocenters. The van der Waals surface area contributed by atoms with Gasteiger partial charge in [-0.3, -0.25) is 4.79 Å². The lowest BCUT2D eigenvalue weighted by molar-refractivity contribution is -0.125. The summed E-state index contributed by atoms with van der Waals surface area (Å²) < 4.78 is 30.4. The first-order chi connectivity index (χ1) is 12.4. The monoisotopic (exact) mass is 376 g/mol. The highest BCUT2D eigenvalue weighted by Gasteiger charge is 2.34. The Morgan fingerprint density at radius 1 is 1.19 bits per heavy atom. The second-order valence-electron chi connectivity index (χ2n) is 6.65. The summed E-state index contributed by atoms with van der Waals surface area (Å²) in [5, 5.41) is 5.02. The van der Waals surface area contributed by atoms with Crippen molar-refractivity contribution in [1.29, 1.82) is 0 Å². The standard InChI is InChI=1S/C19H24N2O4S/c1-25-17-9-8-15-11-14(6-7-16(15)12-17)13-20-19(22)18-5-3-4-10-21(18)26(2,23)24/h6-9,11-12,18H,3-5,10,13H2,1-2H3,(H,20,22)/t18-/m0/s1. The summed E-state index contributed by atoms with van der Waals surface area (Å²) in [5.41, 5.74) is 0.970. The smallest absolute Gasteiger partial charge is 0.238 e. The van der Waals surface area contributed by atoms with Crippen LogP contribution in [-0.4, -0.2) is 44.6 Å². The van der Waals surface area contributed by atoms with Crippen molar-refractivity contribution < 1.29 is 17.9 Å². The molecule has 0 radical (unpaired) electrons. The molecule has 0 bridgehead atoms. The molecule has 1 aliphatic rings. The van der Waals surface area contributed by atoms with Crippen LogP contribution < -0.4 is 10.1 Å². The van der Waals surface area contributed by atoms with Crippen LogP contribution in [0.5, 0.6) is 5.75 Å². The largest absolute Gasteiger partial charge is 0.497 e. The molecular weight excluding hydrogens is 352 g/mol. The van der Waals surface area contributed by atoms with Crippen molar-refractivity contribution in [1.82, 2.24) is 9.62 Å².